The molecule has 29 nitrogen and oxygen atoms in total. The summed E-state index contributed by atoms with van der Waals surface area (Å²) in [6, 6.07) is -3.33. The van der Waals surface area contributed by atoms with Crippen LogP contribution >= 0.6 is 0 Å². The molecule has 5 fully saturated rings. The van der Waals surface area contributed by atoms with Crippen LogP contribution in [0.1, 0.15) is 33.6 Å². The van der Waals surface area contributed by atoms with Gasteiger partial charge >= 0.3 is 5.97 Å². The Bertz CT molecular complexity index is 1590. The van der Waals surface area contributed by atoms with Crippen molar-refractivity contribution in [3.63, 3.8) is 0 Å². The lowest BCUT2D eigenvalue weighted by molar-refractivity contribution is -0.393. The molecule has 5 aliphatic heterocycles. The van der Waals surface area contributed by atoms with Crippen LogP contribution in [0.5, 0.6) is 0 Å². The number of aliphatic hydroxyl groups excluding tert-OH is 14. The number of aliphatic hydroxyl groups is 14. The minimum absolute atomic E-state index is 0.437. The van der Waals surface area contributed by atoms with Crippen LogP contribution in [0.15, 0.2) is 0 Å². The SMILES string of the molecule is CC(=O)N[C@H]1[C@H](O[C@H]2[C@@H](O)[C@@H](CO)OC(O)[C@@H]2O)O[C@H](CO)[C@@H](O[C@@H]2O[C@H](CO)[C@H](O)[C@H](O[C@]3(C(=O)O)C[C@H](O)[C@@H](NC(C)=O)[C@H]([C@H](O)[C@H](O)CO)O3)[C@H]2O)[C@@H]1O[C@H]1C[C@H](O)[C@H](O)[C@H](C)O1. The zero-order valence-electron chi connectivity index (χ0n) is 35.7. The molecule has 2 amide bonds. The lowest BCUT2D eigenvalue weighted by Crippen LogP contribution is -2.71. The van der Waals surface area contributed by atoms with Gasteiger partial charge in [-0.3, -0.25) is 9.59 Å². The summed E-state index contributed by atoms with van der Waals surface area (Å²) in [6.45, 7) is -0.704. The van der Waals surface area contributed by atoms with Crippen molar-refractivity contribution in [3.05, 3.63) is 0 Å². The van der Waals surface area contributed by atoms with Gasteiger partial charge in [0.25, 0.3) is 5.79 Å². The summed E-state index contributed by atoms with van der Waals surface area (Å²) in [4.78, 5) is 37.9. The highest BCUT2D eigenvalue weighted by Crippen LogP contribution is 2.40. The van der Waals surface area contributed by atoms with Gasteiger partial charge in [0.05, 0.1) is 50.8 Å². The molecule has 0 spiro atoms. The van der Waals surface area contributed by atoms with E-state index in [0.717, 1.165) is 13.8 Å². The molecule has 0 aromatic heterocycles. The molecule has 1 unspecified atom stereocenters. The topological polar surface area (TPSA) is 462 Å². The number of carboxylic acids is 1. The number of hydrogen-bond acceptors (Lipinski definition) is 26. The lowest BCUT2D eigenvalue weighted by atomic mass is 9.88. The Kier molecular flexibility index (Phi) is 18.9. The van der Waals surface area contributed by atoms with Gasteiger partial charge in [-0.05, 0) is 6.92 Å². The molecule has 382 valence electrons. The van der Waals surface area contributed by atoms with Crippen LogP contribution in [0, 0.1) is 0 Å². The quantitative estimate of drug-likeness (QED) is 0.0643. The van der Waals surface area contributed by atoms with Gasteiger partial charge < -0.3 is 130 Å². The summed E-state index contributed by atoms with van der Waals surface area (Å²) in [7, 11) is 0. The smallest absolute Gasteiger partial charge is 0.364 e. The van der Waals surface area contributed by atoms with Gasteiger partial charge in [0.15, 0.2) is 25.2 Å². The maximum Gasteiger partial charge on any atom is 0.364 e. The standard InChI is InChI=1S/C37H62N2O27/c1-10-22(49)13(46)4-19(58-10)62-30-21(39-12(3)45)34(64-31-24(51)16(7-41)59-33(55)26(31)53)61-18(9-43)28(30)63-35-27(54)32(25(52)17(8-42)60-35)66-37(36(56)57)5-14(47)20(38-11(2)44)29(65-37)23(50)15(48)6-40/h10,13-35,40-43,46-55H,4-9H2,1-3H3,(H,38,44)(H,39,45)(H,56,57)/t10-,13-,14-,15+,16+,17+,18+,19-,20+,21+,22+,23+,24-,25-,26+,27+,28+,29+,30+,31-,32-,33?,34-,35-,37-/m0/s1. The second-order valence-corrected chi connectivity index (χ2v) is 16.7. The fourth-order valence-electron chi connectivity index (χ4n) is 8.48. The fraction of sp³-hybridized carbons (Fsp3) is 0.919. The first-order valence-corrected chi connectivity index (χ1v) is 21.0. The Hall–Kier alpha value is -2.51. The predicted molar refractivity (Wildman–Crippen MR) is 204 cm³/mol. The summed E-state index contributed by atoms with van der Waals surface area (Å²) >= 11 is 0. The van der Waals surface area contributed by atoms with Crippen molar-refractivity contribution < 1.29 is 134 Å². The number of rotatable bonds is 17. The molecule has 66 heavy (non-hydrogen) atoms. The van der Waals surface area contributed by atoms with E-state index in [1.165, 1.54) is 6.92 Å². The number of aliphatic carboxylic acids is 1. The highest BCUT2D eigenvalue weighted by Gasteiger charge is 2.61. The van der Waals surface area contributed by atoms with Crippen LogP contribution in [0.3, 0.4) is 0 Å². The maximum absolute atomic E-state index is 13.0. The summed E-state index contributed by atoms with van der Waals surface area (Å²) < 4.78 is 52.2. The molecule has 0 aromatic rings. The lowest BCUT2D eigenvalue weighted by Gasteiger charge is -2.52. The third-order valence-corrected chi connectivity index (χ3v) is 11.9. The third-order valence-electron chi connectivity index (χ3n) is 11.9. The van der Waals surface area contributed by atoms with Crippen molar-refractivity contribution in [3.8, 4) is 0 Å². The monoisotopic (exact) mass is 966 g/mol. The molecular formula is C37H62N2O27. The number of ether oxygens (including phenoxy) is 9. The first kappa shape index (κ1) is 54.4. The number of carbonyl (C=O) groups is 3. The van der Waals surface area contributed by atoms with E-state index in [2.05, 4.69) is 10.6 Å². The second kappa shape index (κ2) is 22.9. The Morgan fingerprint density at radius 1 is 0.652 bits per heavy atom. The van der Waals surface area contributed by atoms with E-state index in [4.69, 9.17) is 42.6 Å². The highest BCUT2D eigenvalue weighted by atomic mass is 16.8. The van der Waals surface area contributed by atoms with Gasteiger partial charge in [-0.2, -0.15) is 0 Å². The van der Waals surface area contributed by atoms with Crippen LogP contribution in [0.4, 0.5) is 0 Å². The van der Waals surface area contributed by atoms with Crippen molar-refractivity contribution in [2.45, 2.75) is 187 Å². The van der Waals surface area contributed by atoms with E-state index in [0.29, 0.717) is 0 Å². The first-order chi connectivity index (χ1) is 31.0. The zero-order valence-corrected chi connectivity index (χ0v) is 35.7. The molecule has 5 rings (SSSR count). The Balaban J connectivity index is 1.53. The molecule has 5 saturated heterocycles. The van der Waals surface area contributed by atoms with Gasteiger partial charge in [-0.15, -0.1) is 0 Å². The van der Waals surface area contributed by atoms with Crippen molar-refractivity contribution in [1.29, 1.82) is 0 Å². The molecule has 17 N–H and O–H groups in total. The molecule has 25 atom stereocenters. The van der Waals surface area contributed by atoms with E-state index in [-0.39, 0.29) is 0 Å². The summed E-state index contributed by atoms with van der Waals surface area (Å²) in [6.07, 6.45) is -42.6. The molecule has 0 aliphatic carbocycles. The Morgan fingerprint density at radius 3 is 1.77 bits per heavy atom. The Morgan fingerprint density at radius 2 is 1.21 bits per heavy atom. The number of amides is 2. The van der Waals surface area contributed by atoms with Crippen molar-refractivity contribution in [2.75, 3.05) is 26.4 Å². The molecular weight excluding hydrogens is 904 g/mol. The van der Waals surface area contributed by atoms with Gasteiger partial charge in [0.2, 0.25) is 11.8 Å². The second-order valence-electron chi connectivity index (χ2n) is 16.7. The zero-order chi connectivity index (χ0) is 49.1. The van der Waals surface area contributed by atoms with Crippen molar-refractivity contribution in [1.82, 2.24) is 10.6 Å². The summed E-state index contributed by atoms with van der Waals surface area (Å²) in [5.74, 6) is -6.84. The number of nitrogens with one attached hydrogen (secondary N) is 2. The van der Waals surface area contributed by atoms with Crippen LogP contribution < -0.4 is 10.6 Å². The van der Waals surface area contributed by atoms with Crippen molar-refractivity contribution in [2.24, 2.45) is 0 Å². The van der Waals surface area contributed by atoms with Crippen LogP contribution in [0.25, 0.3) is 0 Å². The van der Waals surface area contributed by atoms with E-state index in [1.54, 1.807) is 0 Å². The maximum atomic E-state index is 13.0. The third kappa shape index (κ3) is 11.7. The van der Waals surface area contributed by atoms with Gasteiger partial charge in [-0.1, -0.05) is 0 Å². The molecule has 5 aliphatic rings. The molecule has 0 bridgehead atoms. The minimum Gasteiger partial charge on any atom is -0.477 e. The van der Waals surface area contributed by atoms with E-state index >= 15 is 0 Å². The predicted octanol–water partition coefficient (Wildman–Crippen LogP) is -10.4. The van der Waals surface area contributed by atoms with Crippen LogP contribution in [0.2, 0.25) is 0 Å². The van der Waals surface area contributed by atoms with Crippen LogP contribution in [-0.4, -0.2) is 274 Å². The average Bonchev–Trinajstić information content (AvgIpc) is 3.26. The van der Waals surface area contributed by atoms with E-state index in [1.807, 2.05) is 0 Å². The molecule has 5 heterocycles. The van der Waals surface area contributed by atoms with Gasteiger partial charge in [0, 0.05) is 26.7 Å². The molecule has 29 heteroatoms. The summed E-state index contributed by atoms with van der Waals surface area (Å²) in [5, 5.41) is 164. The number of carbonyl (C=O) groups excluding carboxylic acids is 2. The highest BCUT2D eigenvalue weighted by molar-refractivity contribution is 5.76. The number of hydrogen-bond donors (Lipinski definition) is 17. The normalized spacial score (nSPS) is 46.5. The average molecular weight is 967 g/mol. The summed E-state index contributed by atoms with van der Waals surface area (Å²) in [5.41, 5.74) is 0. The fourth-order valence-corrected chi connectivity index (χ4v) is 8.48. The molecule has 0 saturated carbocycles. The minimum atomic E-state index is -3.17. The van der Waals surface area contributed by atoms with E-state index < -0.39 is 210 Å². The molecule has 0 aromatic carbocycles. The largest absolute Gasteiger partial charge is 0.477 e. The molecule has 0 radical (unpaired) electrons. The Labute approximate surface area is 374 Å². The van der Waals surface area contributed by atoms with Gasteiger partial charge in [0.1, 0.15) is 97.6 Å². The van der Waals surface area contributed by atoms with Crippen molar-refractivity contribution >= 4 is 17.8 Å². The van der Waals surface area contributed by atoms with E-state index in [9.17, 15) is 91.0 Å². The van der Waals surface area contributed by atoms with Gasteiger partial charge in [-0.25, -0.2) is 4.79 Å². The van der Waals surface area contributed by atoms with Crippen LogP contribution in [-0.2, 0) is 57.0 Å². The number of carboxylic acid groups (broad SMARTS) is 1. The first-order valence-electron chi connectivity index (χ1n) is 21.0.